The van der Waals surface area contributed by atoms with E-state index in [4.69, 9.17) is 10.5 Å². The third-order valence-electron chi connectivity index (χ3n) is 3.19. The number of hydrogen-bond donors (Lipinski definition) is 2. The molecule has 24 heavy (non-hydrogen) atoms. The molecule has 0 unspecified atom stereocenters. The molecule has 7 nitrogen and oxygen atoms in total. The Balaban J connectivity index is 2.38. The van der Waals surface area contributed by atoms with Crippen LogP contribution in [0.5, 0.6) is 5.75 Å². The first-order valence-electron chi connectivity index (χ1n) is 7.04. The van der Waals surface area contributed by atoms with E-state index in [0.29, 0.717) is 17.9 Å². The molecule has 0 bridgehead atoms. The number of ether oxygens (including phenoxy) is 1. The predicted molar refractivity (Wildman–Crippen MR) is 90.7 cm³/mol. The van der Waals surface area contributed by atoms with Gasteiger partial charge in [0.05, 0.1) is 22.1 Å². The van der Waals surface area contributed by atoms with Crippen LogP contribution in [0.25, 0.3) is 0 Å². The van der Waals surface area contributed by atoms with Crippen LogP contribution < -0.4 is 14.6 Å². The highest BCUT2D eigenvalue weighted by atomic mass is 32.3. The minimum atomic E-state index is -4.31. The van der Waals surface area contributed by atoms with E-state index < -0.39 is 20.0 Å². The molecule has 0 radical (unpaired) electrons. The van der Waals surface area contributed by atoms with E-state index in [9.17, 15) is 16.8 Å². The summed E-state index contributed by atoms with van der Waals surface area (Å²) in [6, 6.07) is 9.86. The third-order valence-corrected chi connectivity index (χ3v) is 6.86. The van der Waals surface area contributed by atoms with Gasteiger partial charge in [0.1, 0.15) is 5.75 Å². The molecule has 0 aliphatic carbocycles. The van der Waals surface area contributed by atoms with Crippen LogP contribution in [0.1, 0.15) is 12.5 Å². The first-order chi connectivity index (χ1) is 11.2. The van der Waals surface area contributed by atoms with Gasteiger partial charge in [0.15, 0.2) is 0 Å². The number of aryl methyl sites for hydroxylation is 1. The molecule has 0 aliphatic rings. The Bertz CT molecular complexity index is 954. The third kappa shape index (κ3) is 3.86. The monoisotopic (exact) mass is 370 g/mol. The minimum Gasteiger partial charge on any atom is -0.492 e. The molecule has 0 fully saturated rings. The summed E-state index contributed by atoms with van der Waals surface area (Å²) in [6.07, 6.45) is 0. The van der Waals surface area contributed by atoms with Gasteiger partial charge in [0.25, 0.3) is 20.0 Å². The molecule has 0 spiro atoms. The van der Waals surface area contributed by atoms with E-state index in [1.54, 1.807) is 30.1 Å². The molecule has 2 aromatic rings. The van der Waals surface area contributed by atoms with E-state index >= 15 is 0 Å². The van der Waals surface area contributed by atoms with Gasteiger partial charge in [-0.15, -0.1) is 4.13 Å². The standard InChI is InChI=1S/C15H18N2O5S2/c1-3-22-14-9-8-12(10-13(14)16)23(18,19)17-24(20,21)15-7-5-4-6-11(15)2/h4-10,17H,3,16H2,1-2H3. The van der Waals surface area contributed by atoms with Gasteiger partial charge in [0, 0.05) is 0 Å². The summed E-state index contributed by atoms with van der Waals surface area (Å²) >= 11 is 0. The van der Waals surface area contributed by atoms with Gasteiger partial charge in [-0.2, -0.15) is 0 Å². The average Bonchev–Trinajstić information content (AvgIpc) is 2.48. The van der Waals surface area contributed by atoms with Gasteiger partial charge in [-0.05, 0) is 43.7 Å². The molecule has 3 N–H and O–H groups in total. The quantitative estimate of drug-likeness (QED) is 0.747. The topological polar surface area (TPSA) is 116 Å². The van der Waals surface area contributed by atoms with Crippen molar-refractivity contribution in [2.45, 2.75) is 23.6 Å². The number of hydrogen-bond acceptors (Lipinski definition) is 6. The molecule has 0 atom stereocenters. The summed E-state index contributed by atoms with van der Waals surface area (Å²) in [6.45, 7) is 3.71. The first kappa shape index (κ1) is 18.2. The van der Waals surface area contributed by atoms with Crippen LogP contribution in [0.4, 0.5) is 5.69 Å². The fourth-order valence-electron chi connectivity index (χ4n) is 2.08. The lowest BCUT2D eigenvalue weighted by Gasteiger charge is -2.12. The summed E-state index contributed by atoms with van der Waals surface area (Å²) in [5.74, 6) is 0.332. The molecule has 9 heteroatoms. The molecule has 2 aromatic carbocycles. The van der Waals surface area contributed by atoms with Crippen molar-refractivity contribution in [3.63, 3.8) is 0 Å². The molecular formula is C15H18N2O5S2. The van der Waals surface area contributed by atoms with Crippen molar-refractivity contribution in [2.75, 3.05) is 12.3 Å². The lowest BCUT2D eigenvalue weighted by atomic mass is 10.2. The minimum absolute atomic E-state index is 0.104. The lowest BCUT2D eigenvalue weighted by Crippen LogP contribution is -2.31. The van der Waals surface area contributed by atoms with Crippen molar-refractivity contribution in [1.29, 1.82) is 0 Å². The van der Waals surface area contributed by atoms with Gasteiger partial charge >= 0.3 is 0 Å². The van der Waals surface area contributed by atoms with Crippen LogP contribution in [0.15, 0.2) is 52.3 Å². The number of anilines is 1. The molecule has 0 aliphatic heterocycles. The van der Waals surface area contributed by atoms with Crippen LogP contribution in [0.2, 0.25) is 0 Å². The Kier molecular flexibility index (Phi) is 5.16. The fourth-order valence-corrected chi connectivity index (χ4v) is 5.25. The highest BCUT2D eigenvalue weighted by Gasteiger charge is 2.26. The second-order valence-corrected chi connectivity index (χ2v) is 8.58. The zero-order valence-electron chi connectivity index (χ0n) is 13.2. The Morgan fingerprint density at radius 2 is 1.71 bits per heavy atom. The molecule has 0 heterocycles. The number of nitrogens with one attached hydrogen (secondary N) is 1. The summed E-state index contributed by atoms with van der Waals surface area (Å²) < 4.78 is 56.4. The maximum absolute atomic E-state index is 12.4. The predicted octanol–water partition coefficient (Wildman–Crippen LogP) is 1.64. The van der Waals surface area contributed by atoms with E-state index in [1.807, 2.05) is 0 Å². The highest BCUT2D eigenvalue weighted by molar-refractivity contribution is 8.04. The van der Waals surface area contributed by atoms with E-state index in [1.165, 1.54) is 24.3 Å². The van der Waals surface area contributed by atoms with Gasteiger partial charge in [0.2, 0.25) is 0 Å². The molecule has 2 rings (SSSR count). The van der Waals surface area contributed by atoms with E-state index in [-0.39, 0.29) is 15.5 Å². The maximum atomic E-state index is 12.4. The number of nitrogen functional groups attached to an aromatic ring is 1. The van der Waals surface area contributed by atoms with Gasteiger partial charge in [-0.25, -0.2) is 16.8 Å². The molecule has 0 amide bonds. The number of nitrogens with two attached hydrogens (primary N) is 1. The van der Waals surface area contributed by atoms with E-state index in [0.717, 1.165) is 6.07 Å². The second kappa shape index (κ2) is 6.80. The van der Waals surface area contributed by atoms with Crippen LogP contribution in [0.3, 0.4) is 0 Å². The highest BCUT2D eigenvalue weighted by Crippen LogP contribution is 2.25. The molecule has 130 valence electrons. The van der Waals surface area contributed by atoms with Crippen molar-refractivity contribution >= 4 is 25.7 Å². The number of rotatable bonds is 6. The van der Waals surface area contributed by atoms with Gasteiger partial charge in [-0.3, -0.25) is 0 Å². The summed E-state index contributed by atoms with van der Waals surface area (Å²) in [4.78, 5) is -0.368. The lowest BCUT2D eigenvalue weighted by molar-refractivity contribution is 0.342. The fraction of sp³-hybridized carbons (Fsp3) is 0.200. The summed E-state index contributed by atoms with van der Waals surface area (Å²) in [7, 11) is -8.55. The largest absolute Gasteiger partial charge is 0.492 e. The SMILES string of the molecule is CCOc1ccc(S(=O)(=O)NS(=O)(=O)c2ccccc2C)cc1N. The van der Waals surface area contributed by atoms with Crippen LogP contribution in [-0.4, -0.2) is 23.4 Å². The smallest absolute Gasteiger partial charge is 0.254 e. The Labute approximate surface area is 141 Å². The number of sulfonamides is 2. The van der Waals surface area contributed by atoms with Crippen molar-refractivity contribution in [2.24, 2.45) is 0 Å². The zero-order chi connectivity index (χ0) is 18.0. The first-order valence-corrected chi connectivity index (χ1v) is 10.0. The van der Waals surface area contributed by atoms with Gasteiger partial charge in [-0.1, -0.05) is 18.2 Å². The zero-order valence-corrected chi connectivity index (χ0v) is 14.8. The van der Waals surface area contributed by atoms with E-state index in [2.05, 4.69) is 0 Å². The van der Waals surface area contributed by atoms with Crippen molar-refractivity contribution in [1.82, 2.24) is 4.13 Å². The molecule has 0 saturated heterocycles. The average molecular weight is 370 g/mol. The Morgan fingerprint density at radius 1 is 1.04 bits per heavy atom. The summed E-state index contributed by atoms with van der Waals surface area (Å²) in [5.41, 5.74) is 6.28. The molecule has 0 aromatic heterocycles. The maximum Gasteiger partial charge on any atom is 0.254 e. The van der Waals surface area contributed by atoms with Crippen LogP contribution in [0, 0.1) is 6.92 Å². The van der Waals surface area contributed by atoms with Crippen molar-refractivity contribution in [3.8, 4) is 5.75 Å². The van der Waals surface area contributed by atoms with Crippen molar-refractivity contribution in [3.05, 3.63) is 48.0 Å². The molecule has 0 saturated carbocycles. The Morgan fingerprint density at radius 3 is 2.29 bits per heavy atom. The Hall–Kier alpha value is -2.10. The van der Waals surface area contributed by atoms with Crippen LogP contribution >= 0.6 is 0 Å². The number of benzene rings is 2. The summed E-state index contributed by atoms with van der Waals surface area (Å²) in [5, 5.41) is 0. The second-order valence-electron chi connectivity index (χ2n) is 4.99. The molecular weight excluding hydrogens is 352 g/mol. The van der Waals surface area contributed by atoms with Crippen molar-refractivity contribution < 1.29 is 21.6 Å². The van der Waals surface area contributed by atoms with Crippen LogP contribution in [-0.2, 0) is 20.0 Å². The normalized spacial score (nSPS) is 12.1. The van der Waals surface area contributed by atoms with Gasteiger partial charge < -0.3 is 10.5 Å².